The maximum atomic E-state index is 13.1. The zero-order valence-corrected chi connectivity index (χ0v) is 18.0. The summed E-state index contributed by atoms with van der Waals surface area (Å²) < 4.78 is 5.42. The largest absolute Gasteiger partial charge is 0.381 e. The number of carbonyl (C=O) groups excluding carboxylic acids is 1. The van der Waals surface area contributed by atoms with E-state index in [1.165, 1.54) is 0 Å². The van der Waals surface area contributed by atoms with Crippen molar-refractivity contribution in [3.8, 4) is 11.4 Å². The Labute approximate surface area is 185 Å². The zero-order chi connectivity index (χ0) is 21.6. The molecule has 7 nitrogen and oxygen atoms in total. The minimum atomic E-state index is -0.847. The molecule has 1 atom stereocenters. The van der Waals surface area contributed by atoms with Crippen molar-refractivity contribution in [2.75, 3.05) is 13.2 Å². The first-order chi connectivity index (χ1) is 15.0. The Morgan fingerprint density at radius 3 is 2.65 bits per heavy atom. The lowest BCUT2D eigenvalue weighted by Gasteiger charge is -2.40. The van der Waals surface area contributed by atoms with Crippen molar-refractivity contribution in [1.29, 1.82) is 0 Å². The van der Waals surface area contributed by atoms with Crippen LogP contribution in [0.3, 0.4) is 0 Å². The number of aliphatic imine (C=N–C) groups is 1. The Morgan fingerprint density at radius 2 is 1.94 bits per heavy atom. The highest BCUT2D eigenvalue weighted by Gasteiger charge is 2.41. The van der Waals surface area contributed by atoms with Gasteiger partial charge in [-0.1, -0.05) is 48.0 Å². The first kappa shape index (κ1) is 20.0. The highest BCUT2D eigenvalue weighted by molar-refractivity contribution is 6.36. The smallest absolute Gasteiger partial charge is 0.232 e. The van der Waals surface area contributed by atoms with Gasteiger partial charge in [0, 0.05) is 30.4 Å². The number of nitrogens with one attached hydrogen (secondary N) is 1. The molecular formula is C23H24ClN5O2. The van der Waals surface area contributed by atoms with E-state index in [1.807, 2.05) is 49.4 Å². The van der Waals surface area contributed by atoms with Gasteiger partial charge in [-0.2, -0.15) is 0 Å². The minimum absolute atomic E-state index is 0.0345. The van der Waals surface area contributed by atoms with Gasteiger partial charge in [0.1, 0.15) is 11.3 Å². The molecule has 3 N–H and O–H groups in total. The Hall–Kier alpha value is -2.90. The van der Waals surface area contributed by atoms with Gasteiger partial charge in [-0.15, -0.1) is 0 Å². The molecule has 0 unspecified atom stereocenters. The normalized spacial score (nSPS) is 22.7. The second-order valence-electron chi connectivity index (χ2n) is 8.30. The van der Waals surface area contributed by atoms with Gasteiger partial charge in [-0.25, -0.2) is 9.98 Å². The topological polar surface area (TPSA) is 96.6 Å². The monoisotopic (exact) mass is 437 g/mol. The van der Waals surface area contributed by atoms with Crippen molar-refractivity contribution in [1.82, 2.24) is 14.9 Å². The van der Waals surface area contributed by atoms with Crippen LogP contribution >= 0.6 is 11.6 Å². The number of rotatable bonds is 3. The number of H-pyrrole nitrogens is 1. The Kier molecular flexibility index (Phi) is 4.95. The third kappa shape index (κ3) is 3.47. The average molecular weight is 438 g/mol. The van der Waals surface area contributed by atoms with E-state index in [0.29, 0.717) is 23.8 Å². The molecule has 31 heavy (non-hydrogen) atoms. The fourth-order valence-electron chi connectivity index (χ4n) is 4.53. The fourth-order valence-corrected chi connectivity index (χ4v) is 4.94. The van der Waals surface area contributed by atoms with Gasteiger partial charge >= 0.3 is 0 Å². The molecule has 1 amide bonds. The second-order valence-corrected chi connectivity index (χ2v) is 8.68. The predicted octanol–water partition coefficient (Wildman–Crippen LogP) is 3.82. The molecule has 160 valence electrons. The van der Waals surface area contributed by atoms with Crippen LogP contribution in [0, 0.1) is 0 Å². The molecule has 2 aliphatic rings. The molecule has 0 aliphatic carbocycles. The van der Waals surface area contributed by atoms with E-state index in [-0.39, 0.29) is 24.3 Å². The van der Waals surface area contributed by atoms with Gasteiger partial charge in [0.2, 0.25) is 5.91 Å². The van der Waals surface area contributed by atoms with Crippen molar-refractivity contribution in [3.05, 3.63) is 53.1 Å². The van der Waals surface area contributed by atoms with Crippen LogP contribution in [0.5, 0.6) is 0 Å². The number of guanidine groups is 1. The summed E-state index contributed by atoms with van der Waals surface area (Å²) in [7, 11) is 0. The summed E-state index contributed by atoms with van der Waals surface area (Å²) in [5.41, 5.74) is 8.67. The minimum Gasteiger partial charge on any atom is -0.381 e. The lowest BCUT2D eigenvalue weighted by Crippen LogP contribution is -2.55. The molecule has 3 aromatic rings. The standard InChI is InChI=1S/C23H24ClN5O2/c1-23(13-18(30)29(22(25)28-23)15-9-11-31-12-10-15)16-7-8-17-20(19(16)24)27-21(26-17)14-5-3-2-4-6-14/h2-8,15H,9-13H2,1H3,(H2,25,28)(H,26,27)/t23-/m0/s1. The highest BCUT2D eigenvalue weighted by Crippen LogP contribution is 2.41. The van der Waals surface area contributed by atoms with Crippen molar-refractivity contribution >= 4 is 34.5 Å². The van der Waals surface area contributed by atoms with E-state index >= 15 is 0 Å². The number of hydrogen-bond acceptors (Lipinski definition) is 5. The van der Waals surface area contributed by atoms with Gasteiger partial charge in [0.15, 0.2) is 5.96 Å². The number of ether oxygens (including phenoxy) is 1. The van der Waals surface area contributed by atoms with Crippen LogP contribution in [0.15, 0.2) is 47.5 Å². The quantitative estimate of drug-likeness (QED) is 0.650. The number of hydrogen-bond donors (Lipinski definition) is 2. The van der Waals surface area contributed by atoms with E-state index in [0.717, 1.165) is 35.3 Å². The summed E-state index contributed by atoms with van der Waals surface area (Å²) in [6.45, 7) is 3.16. The van der Waals surface area contributed by atoms with E-state index in [9.17, 15) is 4.79 Å². The maximum absolute atomic E-state index is 13.1. The maximum Gasteiger partial charge on any atom is 0.232 e. The molecule has 5 rings (SSSR count). The van der Waals surface area contributed by atoms with Crippen LogP contribution < -0.4 is 5.73 Å². The molecule has 2 aliphatic heterocycles. The van der Waals surface area contributed by atoms with Gasteiger partial charge in [0.25, 0.3) is 0 Å². The summed E-state index contributed by atoms with van der Waals surface area (Å²) >= 11 is 6.81. The van der Waals surface area contributed by atoms with Crippen LogP contribution in [0.25, 0.3) is 22.4 Å². The van der Waals surface area contributed by atoms with Crippen LogP contribution in [0.4, 0.5) is 0 Å². The van der Waals surface area contributed by atoms with Crippen LogP contribution in [0.1, 0.15) is 31.7 Å². The summed E-state index contributed by atoms with van der Waals surface area (Å²) in [4.78, 5) is 27.6. The fraction of sp³-hybridized carbons (Fsp3) is 0.348. The number of fused-ring (bicyclic) bond motifs is 1. The van der Waals surface area contributed by atoms with E-state index in [1.54, 1.807) is 4.90 Å². The number of aromatic nitrogens is 2. The van der Waals surface area contributed by atoms with Gasteiger partial charge in [0.05, 0.1) is 22.5 Å². The average Bonchev–Trinajstić information content (AvgIpc) is 3.20. The first-order valence-electron chi connectivity index (χ1n) is 10.5. The van der Waals surface area contributed by atoms with Gasteiger partial charge in [-0.05, 0) is 25.8 Å². The molecule has 0 radical (unpaired) electrons. The first-order valence-corrected chi connectivity index (χ1v) is 10.8. The molecule has 1 fully saturated rings. The Balaban J connectivity index is 1.53. The Bertz CT molecular complexity index is 1170. The number of nitrogens with zero attached hydrogens (tertiary/aromatic N) is 3. The molecule has 1 aromatic heterocycles. The van der Waals surface area contributed by atoms with Crippen LogP contribution in [-0.2, 0) is 15.1 Å². The summed E-state index contributed by atoms with van der Waals surface area (Å²) in [5, 5.41) is 0.488. The molecular weight excluding hydrogens is 414 g/mol. The lowest BCUT2D eigenvalue weighted by atomic mass is 9.86. The molecule has 3 heterocycles. The van der Waals surface area contributed by atoms with E-state index in [4.69, 9.17) is 32.0 Å². The van der Waals surface area contributed by atoms with E-state index in [2.05, 4.69) is 4.98 Å². The van der Waals surface area contributed by atoms with Crippen molar-refractivity contribution in [2.45, 2.75) is 37.8 Å². The molecule has 0 bridgehead atoms. The number of carbonyl (C=O) groups is 1. The Morgan fingerprint density at radius 1 is 1.19 bits per heavy atom. The van der Waals surface area contributed by atoms with Crippen LogP contribution in [0.2, 0.25) is 5.02 Å². The molecule has 2 aromatic carbocycles. The van der Waals surface area contributed by atoms with Crippen LogP contribution in [-0.4, -0.2) is 46.0 Å². The van der Waals surface area contributed by atoms with E-state index < -0.39 is 5.54 Å². The van der Waals surface area contributed by atoms with Crippen molar-refractivity contribution in [2.24, 2.45) is 10.7 Å². The van der Waals surface area contributed by atoms with Gasteiger partial charge < -0.3 is 15.5 Å². The third-order valence-corrected chi connectivity index (χ3v) is 6.53. The van der Waals surface area contributed by atoms with Gasteiger partial charge in [-0.3, -0.25) is 9.69 Å². The van der Waals surface area contributed by atoms with Crippen molar-refractivity contribution < 1.29 is 9.53 Å². The SMILES string of the molecule is C[C@@]1(c2ccc3[nH]c(-c4ccccc4)nc3c2Cl)CC(=O)N(C2CCOCC2)C(N)=N1. The number of halogens is 1. The van der Waals surface area contributed by atoms with Crippen molar-refractivity contribution in [3.63, 3.8) is 0 Å². The predicted molar refractivity (Wildman–Crippen MR) is 121 cm³/mol. The molecule has 8 heteroatoms. The lowest BCUT2D eigenvalue weighted by molar-refractivity contribution is -0.132. The number of aromatic amines is 1. The summed E-state index contributed by atoms with van der Waals surface area (Å²) in [6, 6.07) is 13.7. The highest BCUT2D eigenvalue weighted by atomic mass is 35.5. The summed E-state index contributed by atoms with van der Waals surface area (Å²) in [5.74, 6) is 0.951. The number of amides is 1. The molecule has 0 spiro atoms. The molecule has 1 saturated heterocycles. The second kappa shape index (κ2) is 7.66. The zero-order valence-electron chi connectivity index (χ0n) is 17.3. The third-order valence-electron chi connectivity index (χ3n) is 6.15. The number of nitrogens with two attached hydrogens (primary N) is 1. The number of benzene rings is 2. The number of imidazole rings is 1. The summed E-state index contributed by atoms with van der Waals surface area (Å²) in [6.07, 6.45) is 1.73. The molecule has 0 saturated carbocycles.